The van der Waals surface area contributed by atoms with Crippen LogP contribution >= 0.6 is 0 Å². The molecule has 3 heterocycles. The number of hydrogen-bond acceptors (Lipinski definition) is 4. The average molecular weight is 1150 g/mol. The Hall–Kier alpha value is -7.20. The van der Waals surface area contributed by atoms with Gasteiger partial charge < -0.3 is 19.1 Å². The normalized spacial score (nSPS) is 13.1. The number of fused-ring (bicyclic) bond motifs is 4. The summed E-state index contributed by atoms with van der Waals surface area (Å²) in [4.78, 5) is 9.61. The molecule has 0 saturated carbocycles. The molecule has 1 aliphatic heterocycles. The van der Waals surface area contributed by atoms with E-state index in [4.69, 9.17) is 9.72 Å². The largest absolute Gasteiger partial charge is 0.509 e. The van der Waals surface area contributed by atoms with Crippen molar-refractivity contribution >= 4 is 44.6 Å². The van der Waals surface area contributed by atoms with Crippen molar-refractivity contribution in [2.24, 2.45) is 0 Å². The van der Waals surface area contributed by atoms with Crippen molar-refractivity contribution in [3.63, 3.8) is 0 Å². The van der Waals surface area contributed by atoms with E-state index < -0.39 is 0 Å². The molecule has 0 fully saturated rings. The molecule has 0 amide bonds. The van der Waals surface area contributed by atoms with Crippen molar-refractivity contribution in [2.75, 3.05) is 9.80 Å². The molecule has 8 aromatic carbocycles. The molecule has 10 aromatic rings. The molecule has 0 N–H and O–H groups in total. The van der Waals surface area contributed by atoms with Gasteiger partial charge >= 0.3 is 0 Å². The summed E-state index contributed by atoms with van der Waals surface area (Å²) in [6.07, 6.45) is 1.93. The third kappa shape index (κ3) is 9.37. The number of nitrogens with zero attached hydrogens (tertiary/aromatic N) is 4. The van der Waals surface area contributed by atoms with E-state index in [1.165, 1.54) is 44.5 Å². The number of hydrogen-bond donors (Lipinski definition) is 0. The van der Waals surface area contributed by atoms with Gasteiger partial charge in [-0.15, -0.1) is 48.1 Å². The second-order valence-corrected chi connectivity index (χ2v) is 22.7. The molecule has 0 bridgehead atoms. The Bertz CT molecular complexity index is 3660. The van der Waals surface area contributed by atoms with Crippen LogP contribution < -0.4 is 14.5 Å². The van der Waals surface area contributed by atoms with E-state index in [-0.39, 0.29) is 42.7 Å². The Morgan fingerprint density at radius 2 is 1.07 bits per heavy atom. The number of benzene rings is 8. The summed E-state index contributed by atoms with van der Waals surface area (Å²) in [5.41, 5.74) is 15.3. The fourth-order valence-corrected chi connectivity index (χ4v) is 10.3. The predicted molar refractivity (Wildman–Crippen MR) is 304 cm³/mol. The molecule has 11 rings (SSSR count). The quantitative estimate of drug-likeness (QED) is 0.128. The molecular formula is C68H63N4OPt-3. The van der Waals surface area contributed by atoms with Crippen molar-refractivity contribution in [3.05, 3.63) is 246 Å². The van der Waals surface area contributed by atoms with E-state index in [2.05, 4.69) is 272 Å². The van der Waals surface area contributed by atoms with Crippen LogP contribution in [0, 0.1) is 18.8 Å². The van der Waals surface area contributed by atoms with E-state index in [0.717, 1.165) is 50.4 Å². The first-order chi connectivity index (χ1) is 34.9. The Labute approximate surface area is 452 Å². The van der Waals surface area contributed by atoms with E-state index in [0.29, 0.717) is 11.5 Å². The minimum Gasteiger partial charge on any atom is -0.509 e. The summed E-state index contributed by atoms with van der Waals surface area (Å²) < 4.78 is 9.05. The van der Waals surface area contributed by atoms with Crippen LogP contribution in [-0.4, -0.2) is 9.55 Å². The second kappa shape index (κ2) is 19.3. The number of pyridine rings is 1. The predicted octanol–water partition coefficient (Wildman–Crippen LogP) is 17.9. The fraction of sp³-hybridized carbons (Fsp3) is 0.206. The van der Waals surface area contributed by atoms with Gasteiger partial charge in [0.1, 0.15) is 5.82 Å². The van der Waals surface area contributed by atoms with E-state index in [1.54, 1.807) is 0 Å². The Morgan fingerprint density at radius 3 is 1.74 bits per heavy atom. The van der Waals surface area contributed by atoms with Crippen molar-refractivity contribution in [1.82, 2.24) is 9.55 Å². The van der Waals surface area contributed by atoms with Crippen molar-refractivity contribution in [2.45, 2.75) is 90.9 Å². The first kappa shape index (κ1) is 50.3. The molecule has 0 saturated heterocycles. The minimum atomic E-state index is -0.265. The zero-order valence-electron chi connectivity index (χ0n) is 44.1. The van der Waals surface area contributed by atoms with Gasteiger partial charge in [0.2, 0.25) is 0 Å². The molecule has 6 heteroatoms. The molecule has 374 valence electrons. The van der Waals surface area contributed by atoms with Crippen molar-refractivity contribution < 1.29 is 25.8 Å². The van der Waals surface area contributed by atoms with Crippen LogP contribution in [0.1, 0.15) is 103 Å². The van der Waals surface area contributed by atoms with Gasteiger partial charge in [-0.3, -0.25) is 0 Å². The number of anilines is 4. The summed E-state index contributed by atoms with van der Waals surface area (Å²) >= 11 is 0. The first-order valence-corrected chi connectivity index (χ1v) is 25.5. The smallest absolute Gasteiger partial charge is 0.135 e. The summed E-state index contributed by atoms with van der Waals surface area (Å²) in [6, 6.07) is 75.0. The van der Waals surface area contributed by atoms with E-state index in [1.807, 2.05) is 24.4 Å². The number of aromatic nitrogens is 2. The van der Waals surface area contributed by atoms with Crippen LogP contribution in [0.15, 0.2) is 194 Å². The Morgan fingerprint density at radius 1 is 0.446 bits per heavy atom. The van der Waals surface area contributed by atoms with Crippen LogP contribution in [-0.2, 0) is 42.7 Å². The maximum Gasteiger partial charge on any atom is 0.135 e. The molecule has 2 aromatic heterocycles. The summed E-state index contributed by atoms with van der Waals surface area (Å²) in [5, 5.41) is 2.24. The maximum atomic E-state index is 6.81. The number of ether oxygens (including phenoxy) is 1. The molecule has 5 nitrogen and oxygen atoms in total. The second-order valence-electron chi connectivity index (χ2n) is 22.7. The molecule has 0 radical (unpaired) electrons. The van der Waals surface area contributed by atoms with E-state index in [9.17, 15) is 0 Å². The van der Waals surface area contributed by atoms with Crippen LogP contribution in [0.3, 0.4) is 0 Å². The zero-order chi connectivity index (χ0) is 50.9. The van der Waals surface area contributed by atoms with Crippen molar-refractivity contribution in [1.29, 1.82) is 0 Å². The summed E-state index contributed by atoms with van der Waals surface area (Å²) in [5.74, 6) is 2.02. The van der Waals surface area contributed by atoms with Crippen LogP contribution in [0.2, 0.25) is 0 Å². The van der Waals surface area contributed by atoms with Gasteiger partial charge in [-0.05, 0) is 103 Å². The Kier molecular flexibility index (Phi) is 13.1. The summed E-state index contributed by atoms with van der Waals surface area (Å²) in [6.45, 7) is 25.0. The molecular weight excluding hydrogens is 1080 g/mol. The van der Waals surface area contributed by atoms with Crippen LogP contribution in [0.5, 0.6) is 11.5 Å². The average Bonchev–Trinajstić information content (AvgIpc) is 3.95. The van der Waals surface area contributed by atoms with Gasteiger partial charge in [0.05, 0.1) is 0 Å². The fourth-order valence-electron chi connectivity index (χ4n) is 10.3. The molecule has 0 unspecified atom stereocenters. The van der Waals surface area contributed by atoms with E-state index >= 15 is 0 Å². The molecule has 0 aliphatic carbocycles. The van der Waals surface area contributed by atoms with Crippen molar-refractivity contribution in [3.8, 4) is 28.4 Å². The van der Waals surface area contributed by atoms with Gasteiger partial charge in [-0.1, -0.05) is 190 Å². The molecule has 0 atom stereocenters. The molecule has 74 heavy (non-hydrogen) atoms. The van der Waals surface area contributed by atoms with Gasteiger partial charge in [0, 0.05) is 72.2 Å². The minimum absolute atomic E-state index is 0. The third-order valence-corrected chi connectivity index (χ3v) is 15.1. The van der Waals surface area contributed by atoms with Crippen LogP contribution in [0.4, 0.5) is 22.7 Å². The topological polar surface area (TPSA) is 33.5 Å². The number of rotatable bonds is 10. The molecule has 0 spiro atoms. The third-order valence-electron chi connectivity index (χ3n) is 15.1. The molecule has 1 aliphatic rings. The summed E-state index contributed by atoms with van der Waals surface area (Å²) in [7, 11) is 0. The first-order valence-electron chi connectivity index (χ1n) is 25.5. The van der Waals surface area contributed by atoms with Gasteiger partial charge in [-0.2, -0.15) is 12.1 Å². The van der Waals surface area contributed by atoms with Gasteiger partial charge in [0.25, 0.3) is 0 Å². The van der Waals surface area contributed by atoms with Crippen LogP contribution in [0.25, 0.3) is 38.8 Å². The SMILES string of the molecule is CC(C)(C)c1ccc2c(c1)N(c1cc(-c3ccccc3)cc(C(C)(C)c3ccccc3)c1)[CH-]N2c1[c-]c(Oc2[c-]c3c(cc2)c2cc(C(C)(C)C)ccc2n3-c2cc(C(C)(C)c3ccccc3)ccn2)ccc1.[Pt]. The zero-order valence-corrected chi connectivity index (χ0v) is 46.3. The standard InChI is InChI=1S/C68H63N4O.Pt/c1-65(2,3)50-29-33-60-59(40-50)58-32-31-57(44-62(58)72(60)64-42-52(35-36-69-64)67(7,8)48-23-16-12-17-24-48)73-56-28-20-27-54(43-56)70-45-71(63-41-51(66(4,5)6)30-34-61(63)70)55-38-47(46-21-14-11-15-22-46)37-53(39-55)68(9,10)49-25-18-13-19-26-49;/h11-42,45H,1-10H3;/q-3;. The maximum absolute atomic E-state index is 6.81. The van der Waals surface area contributed by atoms with Gasteiger partial charge in [-0.25, -0.2) is 4.98 Å². The van der Waals surface area contributed by atoms with Gasteiger partial charge in [0.15, 0.2) is 0 Å². The monoisotopic (exact) mass is 1150 g/mol. The Balaban J connectivity index is 0.00000626.